The minimum atomic E-state index is -0.321. The third kappa shape index (κ3) is 6.13. The van der Waals surface area contributed by atoms with Gasteiger partial charge in [-0.25, -0.2) is 0 Å². The van der Waals surface area contributed by atoms with Crippen molar-refractivity contribution in [1.29, 1.82) is 0 Å². The maximum absolute atomic E-state index is 12.2. The summed E-state index contributed by atoms with van der Waals surface area (Å²) in [5.74, 6) is 0.636. The molecule has 0 aliphatic heterocycles. The summed E-state index contributed by atoms with van der Waals surface area (Å²) in [5, 5.41) is 3.79. The van der Waals surface area contributed by atoms with Crippen molar-refractivity contribution in [2.24, 2.45) is 0 Å². The van der Waals surface area contributed by atoms with E-state index in [2.05, 4.69) is 5.32 Å². The molecule has 0 aromatic heterocycles. The van der Waals surface area contributed by atoms with E-state index in [9.17, 15) is 9.59 Å². The van der Waals surface area contributed by atoms with Crippen LogP contribution < -0.4 is 14.8 Å². The summed E-state index contributed by atoms with van der Waals surface area (Å²) in [6.45, 7) is 1.66. The summed E-state index contributed by atoms with van der Waals surface area (Å²) in [6, 6.07) is 17.3. The molecule has 0 bridgehead atoms. The Labute approximate surface area is 196 Å². The molecule has 0 aliphatic carbocycles. The maximum atomic E-state index is 12.2. The van der Waals surface area contributed by atoms with E-state index >= 15 is 0 Å². The SMILES string of the molecule is COc1cc(C=CC(=O)Nc2cccc(C(C)=O)c2)ccc1OCc1c(Cl)cccc1Cl. The zero-order chi connectivity index (χ0) is 23.1. The van der Waals surface area contributed by atoms with Crippen molar-refractivity contribution in [3.63, 3.8) is 0 Å². The molecule has 32 heavy (non-hydrogen) atoms. The van der Waals surface area contributed by atoms with Gasteiger partial charge >= 0.3 is 0 Å². The van der Waals surface area contributed by atoms with Crippen LogP contribution in [-0.4, -0.2) is 18.8 Å². The number of hydrogen-bond donors (Lipinski definition) is 1. The molecular formula is C25H21Cl2NO4. The highest BCUT2D eigenvalue weighted by atomic mass is 35.5. The number of Topliss-reactive ketones (excluding diaryl/α,β-unsaturated/α-hetero) is 1. The Bertz CT molecular complexity index is 1150. The Hall–Kier alpha value is -3.28. The number of anilines is 1. The van der Waals surface area contributed by atoms with E-state index < -0.39 is 0 Å². The number of methoxy groups -OCH3 is 1. The second-order valence-corrected chi connectivity index (χ2v) is 7.67. The normalized spacial score (nSPS) is 10.8. The number of amides is 1. The first-order chi connectivity index (χ1) is 15.4. The third-order valence-electron chi connectivity index (χ3n) is 4.59. The third-order valence-corrected chi connectivity index (χ3v) is 5.29. The van der Waals surface area contributed by atoms with Crippen LogP contribution in [0.5, 0.6) is 11.5 Å². The first-order valence-corrected chi connectivity index (χ1v) is 10.5. The second-order valence-electron chi connectivity index (χ2n) is 6.86. The quantitative estimate of drug-likeness (QED) is 0.304. The van der Waals surface area contributed by atoms with Gasteiger partial charge in [0.05, 0.1) is 7.11 Å². The van der Waals surface area contributed by atoms with Gasteiger partial charge in [-0.15, -0.1) is 0 Å². The van der Waals surface area contributed by atoms with Crippen molar-refractivity contribution in [2.45, 2.75) is 13.5 Å². The van der Waals surface area contributed by atoms with E-state index in [1.54, 1.807) is 66.7 Å². The Morgan fingerprint density at radius 2 is 1.69 bits per heavy atom. The van der Waals surface area contributed by atoms with Crippen molar-refractivity contribution in [3.05, 3.63) is 93.5 Å². The predicted octanol–water partition coefficient (Wildman–Crippen LogP) is 6.44. The molecule has 0 fully saturated rings. The average Bonchev–Trinajstić information content (AvgIpc) is 2.78. The molecule has 7 heteroatoms. The van der Waals surface area contributed by atoms with Crippen LogP contribution in [0, 0.1) is 0 Å². The summed E-state index contributed by atoms with van der Waals surface area (Å²) < 4.78 is 11.3. The van der Waals surface area contributed by atoms with Gasteiger partial charge in [0, 0.05) is 32.9 Å². The van der Waals surface area contributed by atoms with E-state index in [0.29, 0.717) is 38.4 Å². The summed E-state index contributed by atoms with van der Waals surface area (Å²) in [6.07, 6.45) is 3.06. The molecule has 0 unspecified atom stereocenters. The number of rotatable bonds is 8. The number of ether oxygens (including phenoxy) is 2. The van der Waals surface area contributed by atoms with Crippen LogP contribution in [-0.2, 0) is 11.4 Å². The molecule has 0 spiro atoms. The minimum absolute atomic E-state index is 0.0668. The van der Waals surface area contributed by atoms with Gasteiger partial charge in [0.25, 0.3) is 0 Å². The van der Waals surface area contributed by atoms with E-state index in [0.717, 1.165) is 5.56 Å². The van der Waals surface area contributed by atoms with Crippen LogP contribution >= 0.6 is 23.2 Å². The van der Waals surface area contributed by atoms with E-state index in [1.807, 2.05) is 0 Å². The Morgan fingerprint density at radius 3 is 2.38 bits per heavy atom. The number of benzene rings is 3. The molecule has 0 heterocycles. The highest BCUT2D eigenvalue weighted by Crippen LogP contribution is 2.31. The molecular weight excluding hydrogens is 449 g/mol. The molecule has 3 aromatic carbocycles. The second kappa shape index (κ2) is 10.8. The summed E-state index contributed by atoms with van der Waals surface area (Å²) in [7, 11) is 1.53. The molecule has 3 aromatic rings. The number of carbonyl (C=O) groups excluding carboxylic acids is 2. The van der Waals surface area contributed by atoms with Crippen LogP contribution in [0.15, 0.2) is 66.7 Å². The van der Waals surface area contributed by atoms with Gasteiger partial charge in [-0.05, 0) is 55.0 Å². The van der Waals surface area contributed by atoms with Crippen LogP contribution in [0.3, 0.4) is 0 Å². The van der Waals surface area contributed by atoms with Gasteiger partial charge in [0.15, 0.2) is 17.3 Å². The first kappa shape index (κ1) is 23.4. The van der Waals surface area contributed by atoms with Crippen molar-refractivity contribution >= 4 is 46.7 Å². The van der Waals surface area contributed by atoms with Gasteiger partial charge in [-0.1, -0.05) is 47.5 Å². The Balaban J connectivity index is 1.67. The molecule has 0 saturated carbocycles. The number of hydrogen-bond acceptors (Lipinski definition) is 4. The average molecular weight is 470 g/mol. The lowest BCUT2D eigenvalue weighted by Crippen LogP contribution is -2.08. The highest BCUT2D eigenvalue weighted by Gasteiger charge is 2.10. The van der Waals surface area contributed by atoms with Crippen LogP contribution in [0.2, 0.25) is 10.0 Å². The number of halogens is 2. The standard InChI is InChI=1S/C25H21Cl2NO4/c1-16(29)18-5-3-6-19(14-18)28-25(30)12-10-17-9-11-23(24(13-17)31-2)32-15-20-21(26)7-4-8-22(20)27/h3-14H,15H2,1-2H3,(H,28,30). The zero-order valence-corrected chi connectivity index (χ0v) is 19.0. The fourth-order valence-corrected chi connectivity index (χ4v) is 3.41. The Morgan fingerprint density at radius 1 is 0.969 bits per heavy atom. The van der Waals surface area contributed by atoms with E-state index in [4.69, 9.17) is 32.7 Å². The van der Waals surface area contributed by atoms with Gasteiger partial charge in [-0.3, -0.25) is 9.59 Å². The van der Waals surface area contributed by atoms with Gasteiger partial charge in [-0.2, -0.15) is 0 Å². The summed E-state index contributed by atoms with van der Waals surface area (Å²) in [5.41, 5.74) is 2.52. The highest BCUT2D eigenvalue weighted by molar-refractivity contribution is 6.35. The lowest BCUT2D eigenvalue weighted by Gasteiger charge is -2.13. The van der Waals surface area contributed by atoms with Crippen molar-refractivity contribution in [3.8, 4) is 11.5 Å². The van der Waals surface area contributed by atoms with E-state index in [1.165, 1.54) is 20.1 Å². The molecule has 5 nitrogen and oxygen atoms in total. The van der Waals surface area contributed by atoms with Gasteiger partial charge in [0.1, 0.15) is 6.61 Å². The smallest absolute Gasteiger partial charge is 0.248 e. The van der Waals surface area contributed by atoms with E-state index in [-0.39, 0.29) is 18.3 Å². The van der Waals surface area contributed by atoms with Crippen LogP contribution in [0.1, 0.15) is 28.4 Å². The number of ketones is 1. The van der Waals surface area contributed by atoms with Crippen LogP contribution in [0.25, 0.3) is 6.08 Å². The summed E-state index contributed by atoms with van der Waals surface area (Å²) >= 11 is 12.4. The fraction of sp³-hybridized carbons (Fsp3) is 0.120. The topological polar surface area (TPSA) is 64.6 Å². The molecule has 0 saturated heterocycles. The molecule has 1 amide bonds. The van der Waals surface area contributed by atoms with Gasteiger partial charge in [0.2, 0.25) is 5.91 Å². The largest absolute Gasteiger partial charge is 0.493 e. The lowest BCUT2D eigenvalue weighted by atomic mass is 10.1. The lowest BCUT2D eigenvalue weighted by molar-refractivity contribution is -0.111. The minimum Gasteiger partial charge on any atom is -0.493 e. The summed E-state index contributed by atoms with van der Waals surface area (Å²) in [4.78, 5) is 23.7. The number of carbonyl (C=O) groups is 2. The monoisotopic (exact) mass is 469 g/mol. The first-order valence-electron chi connectivity index (χ1n) is 9.71. The van der Waals surface area contributed by atoms with Crippen molar-refractivity contribution < 1.29 is 19.1 Å². The maximum Gasteiger partial charge on any atom is 0.248 e. The fourth-order valence-electron chi connectivity index (χ4n) is 2.90. The molecule has 0 atom stereocenters. The van der Waals surface area contributed by atoms with Gasteiger partial charge < -0.3 is 14.8 Å². The van der Waals surface area contributed by atoms with Crippen LogP contribution in [0.4, 0.5) is 5.69 Å². The molecule has 3 rings (SSSR count). The molecule has 0 radical (unpaired) electrons. The Kier molecular flexibility index (Phi) is 7.92. The predicted molar refractivity (Wildman–Crippen MR) is 128 cm³/mol. The molecule has 164 valence electrons. The molecule has 1 N–H and O–H groups in total. The molecule has 0 aliphatic rings. The zero-order valence-electron chi connectivity index (χ0n) is 17.5. The number of nitrogens with one attached hydrogen (secondary N) is 1. The van der Waals surface area contributed by atoms with Crippen molar-refractivity contribution in [1.82, 2.24) is 0 Å². The van der Waals surface area contributed by atoms with Crippen molar-refractivity contribution in [2.75, 3.05) is 12.4 Å².